The second kappa shape index (κ2) is 10.5. The van der Waals surface area contributed by atoms with Crippen molar-refractivity contribution in [3.8, 4) is 0 Å². The standard InChI is InChI=1S/C18H23I2NO2/c1-4-14(5-6-22)17(7-12(2)23)18(21-3)10-13-8-15(19)11-16(20)9-13/h5,7-9,11,18,21-23H,2,4,6,10H2,1,3H3/b14-5-,17-7+. The number of benzene rings is 1. The van der Waals surface area contributed by atoms with E-state index in [0.717, 1.165) is 24.0 Å². The van der Waals surface area contributed by atoms with E-state index in [1.165, 1.54) is 12.7 Å². The first-order valence-electron chi connectivity index (χ1n) is 7.43. The number of nitrogens with one attached hydrogen (secondary N) is 1. The van der Waals surface area contributed by atoms with Crippen molar-refractivity contribution in [3.05, 3.63) is 66.5 Å². The Kier molecular flexibility index (Phi) is 9.41. The number of allylic oxidation sites excluding steroid dienone is 1. The molecule has 0 amide bonds. The molecule has 0 radical (unpaired) electrons. The highest BCUT2D eigenvalue weighted by atomic mass is 127. The maximum Gasteiger partial charge on any atom is 0.108 e. The van der Waals surface area contributed by atoms with Gasteiger partial charge >= 0.3 is 0 Å². The van der Waals surface area contributed by atoms with Crippen LogP contribution in [-0.4, -0.2) is 29.9 Å². The van der Waals surface area contributed by atoms with E-state index >= 15 is 0 Å². The van der Waals surface area contributed by atoms with Crippen LogP contribution in [0.3, 0.4) is 0 Å². The maximum atomic E-state index is 9.64. The largest absolute Gasteiger partial charge is 0.509 e. The summed E-state index contributed by atoms with van der Waals surface area (Å²) >= 11 is 4.65. The van der Waals surface area contributed by atoms with E-state index in [2.05, 4.69) is 75.3 Å². The van der Waals surface area contributed by atoms with Crippen molar-refractivity contribution in [2.75, 3.05) is 13.7 Å². The molecule has 3 N–H and O–H groups in total. The number of rotatable bonds is 8. The molecule has 1 atom stereocenters. The Morgan fingerprint density at radius 1 is 1.30 bits per heavy atom. The fourth-order valence-corrected chi connectivity index (χ4v) is 4.57. The molecule has 0 aliphatic heterocycles. The van der Waals surface area contributed by atoms with Crippen molar-refractivity contribution >= 4 is 45.2 Å². The zero-order valence-electron chi connectivity index (χ0n) is 13.4. The van der Waals surface area contributed by atoms with E-state index in [1.807, 2.05) is 14.0 Å². The van der Waals surface area contributed by atoms with Crippen LogP contribution in [-0.2, 0) is 6.42 Å². The molecule has 0 aromatic heterocycles. The van der Waals surface area contributed by atoms with Crippen molar-refractivity contribution < 1.29 is 10.2 Å². The normalized spacial score (nSPS) is 14.0. The first-order chi connectivity index (χ1) is 10.9. The molecule has 1 rings (SSSR count). The molecule has 0 fully saturated rings. The Hall–Kier alpha value is -0.380. The number of aliphatic hydroxyl groups excluding tert-OH is 2. The molecule has 1 aromatic rings. The van der Waals surface area contributed by atoms with Crippen LogP contribution < -0.4 is 5.32 Å². The Morgan fingerprint density at radius 2 is 1.91 bits per heavy atom. The number of likely N-dealkylation sites (N-methyl/N-ethyl adjacent to an activating group) is 1. The molecular formula is C18H23I2NO2. The lowest BCUT2D eigenvalue weighted by Gasteiger charge is -2.23. The van der Waals surface area contributed by atoms with Gasteiger partial charge in [0, 0.05) is 13.2 Å². The molecule has 0 aliphatic carbocycles. The summed E-state index contributed by atoms with van der Waals surface area (Å²) in [5.41, 5.74) is 3.21. The van der Waals surface area contributed by atoms with Gasteiger partial charge in [0.1, 0.15) is 5.76 Å². The van der Waals surface area contributed by atoms with Crippen LogP contribution in [0.25, 0.3) is 0 Å². The fourth-order valence-electron chi connectivity index (χ4n) is 2.51. The van der Waals surface area contributed by atoms with E-state index < -0.39 is 0 Å². The first kappa shape index (κ1) is 20.7. The van der Waals surface area contributed by atoms with Crippen molar-refractivity contribution in [2.45, 2.75) is 25.8 Å². The molecule has 0 saturated heterocycles. The van der Waals surface area contributed by atoms with Crippen molar-refractivity contribution in [2.24, 2.45) is 0 Å². The second-order valence-electron chi connectivity index (χ2n) is 5.18. The minimum absolute atomic E-state index is 0.0179. The van der Waals surface area contributed by atoms with Crippen LogP contribution >= 0.6 is 45.2 Å². The summed E-state index contributed by atoms with van der Waals surface area (Å²) in [6.45, 7) is 5.60. The number of hydrogen-bond donors (Lipinski definition) is 3. The molecule has 5 heteroatoms. The lowest BCUT2D eigenvalue weighted by molar-refractivity contribution is 0.341. The predicted molar refractivity (Wildman–Crippen MR) is 114 cm³/mol. The first-order valence-corrected chi connectivity index (χ1v) is 9.58. The van der Waals surface area contributed by atoms with Gasteiger partial charge in [-0.25, -0.2) is 0 Å². The molecule has 0 heterocycles. The highest BCUT2D eigenvalue weighted by Gasteiger charge is 2.17. The molecule has 1 unspecified atom stereocenters. The van der Waals surface area contributed by atoms with Gasteiger partial charge in [-0.15, -0.1) is 0 Å². The molecule has 23 heavy (non-hydrogen) atoms. The van der Waals surface area contributed by atoms with Crippen LogP contribution in [0.2, 0.25) is 0 Å². The van der Waals surface area contributed by atoms with Crippen LogP contribution in [0.1, 0.15) is 18.9 Å². The van der Waals surface area contributed by atoms with Gasteiger partial charge in [-0.3, -0.25) is 0 Å². The lowest BCUT2D eigenvalue weighted by atomic mass is 9.91. The molecule has 0 saturated carbocycles. The van der Waals surface area contributed by atoms with E-state index in [0.29, 0.717) is 0 Å². The summed E-state index contributed by atoms with van der Waals surface area (Å²) in [6.07, 6.45) is 5.05. The molecule has 0 aliphatic rings. The summed E-state index contributed by atoms with van der Waals surface area (Å²) in [5, 5.41) is 22.2. The zero-order chi connectivity index (χ0) is 17.4. The lowest BCUT2D eigenvalue weighted by Crippen LogP contribution is -2.31. The number of aliphatic hydroxyl groups is 2. The van der Waals surface area contributed by atoms with Crippen LogP contribution in [0, 0.1) is 7.14 Å². The number of halogens is 2. The summed E-state index contributed by atoms with van der Waals surface area (Å²) in [5.74, 6) is 0.0229. The zero-order valence-corrected chi connectivity index (χ0v) is 17.8. The average Bonchev–Trinajstić information content (AvgIpc) is 2.47. The fraction of sp³-hybridized carbons (Fsp3) is 0.333. The van der Waals surface area contributed by atoms with Crippen molar-refractivity contribution in [3.63, 3.8) is 0 Å². The molecule has 126 valence electrons. The van der Waals surface area contributed by atoms with Gasteiger partial charge in [-0.2, -0.15) is 0 Å². The van der Waals surface area contributed by atoms with Crippen molar-refractivity contribution in [1.29, 1.82) is 0 Å². The summed E-state index contributed by atoms with van der Waals surface area (Å²) in [4.78, 5) is 0. The van der Waals surface area contributed by atoms with Crippen molar-refractivity contribution in [1.82, 2.24) is 5.32 Å². The third-order valence-corrected chi connectivity index (χ3v) is 4.74. The van der Waals surface area contributed by atoms with Gasteiger partial charge in [-0.1, -0.05) is 19.6 Å². The molecular weight excluding hydrogens is 516 g/mol. The van der Waals surface area contributed by atoms with E-state index in [4.69, 9.17) is 0 Å². The molecule has 0 bridgehead atoms. The highest BCUT2D eigenvalue weighted by molar-refractivity contribution is 14.1. The monoisotopic (exact) mass is 539 g/mol. The summed E-state index contributed by atoms with van der Waals surface area (Å²) in [7, 11) is 1.91. The Labute approximate surface area is 165 Å². The quantitative estimate of drug-likeness (QED) is 0.262. The van der Waals surface area contributed by atoms with Gasteiger partial charge in [0.15, 0.2) is 0 Å². The maximum absolute atomic E-state index is 9.64. The van der Waals surface area contributed by atoms with Gasteiger partial charge in [0.05, 0.1) is 6.61 Å². The van der Waals surface area contributed by atoms with E-state index in [-0.39, 0.29) is 18.4 Å². The summed E-state index contributed by atoms with van der Waals surface area (Å²) < 4.78 is 2.41. The van der Waals surface area contributed by atoms with E-state index in [1.54, 1.807) is 12.2 Å². The molecule has 0 spiro atoms. The van der Waals surface area contributed by atoms with Gasteiger partial charge in [0.25, 0.3) is 0 Å². The Morgan fingerprint density at radius 3 is 2.35 bits per heavy atom. The van der Waals surface area contributed by atoms with Crippen LogP contribution in [0.4, 0.5) is 0 Å². The number of hydrogen-bond acceptors (Lipinski definition) is 3. The minimum atomic E-state index is -0.0179. The third-order valence-electron chi connectivity index (χ3n) is 3.50. The summed E-state index contributed by atoms with van der Waals surface area (Å²) in [6, 6.07) is 6.50. The van der Waals surface area contributed by atoms with Gasteiger partial charge in [-0.05, 0) is 106 Å². The van der Waals surface area contributed by atoms with Gasteiger partial charge in [0.2, 0.25) is 0 Å². The minimum Gasteiger partial charge on any atom is -0.509 e. The van der Waals surface area contributed by atoms with Crippen LogP contribution in [0.5, 0.6) is 0 Å². The Balaban J connectivity index is 3.20. The predicted octanol–water partition coefficient (Wildman–Crippen LogP) is 4.35. The third kappa shape index (κ3) is 6.94. The molecule has 1 aromatic carbocycles. The topological polar surface area (TPSA) is 52.5 Å². The Bertz CT molecular complexity index is 589. The van der Waals surface area contributed by atoms with Gasteiger partial charge < -0.3 is 15.5 Å². The SMILES string of the molecule is C=C(O)/C=C(\C(=C/CO)CC)C(Cc1cc(I)cc(I)c1)NC. The average molecular weight is 539 g/mol. The smallest absolute Gasteiger partial charge is 0.108 e. The van der Waals surface area contributed by atoms with E-state index in [9.17, 15) is 10.2 Å². The second-order valence-corrected chi connectivity index (χ2v) is 7.67. The van der Waals surface area contributed by atoms with Crippen LogP contribution in [0.15, 0.2) is 53.8 Å². The molecule has 3 nitrogen and oxygen atoms in total. The highest BCUT2D eigenvalue weighted by Crippen LogP contribution is 2.23.